The van der Waals surface area contributed by atoms with E-state index in [-0.39, 0.29) is 13.0 Å². The van der Waals surface area contributed by atoms with Crippen LogP contribution in [-0.4, -0.2) is 35.6 Å². The zero-order valence-electron chi connectivity index (χ0n) is 15.5. The summed E-state index contributed by atoms with van der Waals surface area (Å²) < 4.78 is 1.73. The summed E-state index contributed by atoms with van der Waals surface area (Å²) >= 11 is 0. The maximum atomic E-state index is 12.7. The Kier molecular flexibility index (Phi) is 5.59. The van der Waals surface area contributed by atoms with Crippen LogP contribution in [0.1, 0.15) is 46.0 Å². The zero-order valence-corrected chi connectivity index (χ0v) is 15.5. The molecule has 0 aliphatic carbocycles. The largest absolute Gasteiger partial charge is 0.378 e. The van der Waals surface area contributed by atoms with E-state index in [1.165, 1.54) is 18.4 Å². The summed E-state index contributed by atoms with van der Waals surface area (Å²) in [6.45, 7) is 6.53. The first-order chi connectivity index (χ1) is 12.1. The first-order valence-electron chi connectivity index (χ1n) is 9.35. The van der Waals surface area contributed by atoms with Gasteiger partial charge in [-0.25, -0.2) is 0 Å². The van der Waals surface area contributed by atoms with Gasteiger partial charge in [0.1, 0.15) is 5.69 Å². The van der Waals surface area contributed by atoms with Crippen LogP contribution in [0.15, 0.2) is 47.4 Å². The van der Waals surface area contributed by atoms with Gasteiger partial charge in [-0.3, -0.25) is 9.36 Å². The third-order valence-electron chi connectivity index (χ3n) is 5.32. The molecule has 1 atom stereocenters. The van der Waals surface area contributed by atoms with Crippen LogP contribution in [0.25, 0.3) is 5.69 Å². The third-order valence-corrected chi connectivity index (χ3v) is 5.32. The molecule has 1 N–H and O–H groups in total. The molecular formula is C21H31N3O. The van der Waals surface area contributed by atoms with E-state index in [0.717, 1.165) is 25.2 Å². The smallest absolute Gasteiger partial charge is 0.278 e. The summed E-state index contributed by atoms with van der Waals surface area (Å²) in [5, 5.41) is 3.30. The van der Waals surface area contributed by atoms with Crippen molar-refractivity contribution in [1.82, 2.24) is 9.47 Å². The normalized spacial score (nSPS) is 17.4. The molecule has 25 heavy (non-hydrogen) atoms. The molecule has 1 aromatic carbocycles. The molecule has 4 heteroatoms. The van der Waals surface area contributed by atoms with Crippen LogP contribution in [0, 0.1) is 0 Å². The summed E-state index contributed by atoms with van der Waals surface area (Å²) in [6.07, 6.45) is 5.25. The Morgan fingerprint density at radius 2 is 1.88 bits per heavy atom. The van der Waals surface area contributed by atoms with Gasteiger partial charge in [0.2, 0.25) is 0 Å². The van der Waals surface area contributed by atoms with Crippen molar-refractivity contribution in [1.29, 1.82) is 0 Å². The van der Waals surface area contributed by atoms with E-state index in [2.05, 4.69) is 55.4 Å². The molecule has 1 aromatic heterocycles. The Balaban J connectivity index is 0.00000243. The van der Waals surface area contributed by atoms with E-state index in [1.807, 2.05) is 18.3 Å². The lowest BCUT2D eigenvalue weighted by atomic mass is 9.89. The van der Waals surface area contributed by atoms with E-state index in [4.69, 9.17) is 0 Å². The molecule has 1 unspecified atom stereocenters. The number of piperidine rings is 1. The molecular weight excluding hydrogens is 310 g/mol. The minimum atomic E-state index is 0. The van der Waals surface area contributed by atoms with E-state index < -0.39 is 0 Å². The van der Waals surface area contributed by atoms with Gasteiger partial charge in [0.15, 0.2) is 0 Å². The fourth-order valence-corrected chi connectivity index (χ4v) is 3.42. The molecule has 3 rings (SSSR count). The Labute approximate surface area is 152 Å². The lowest BCUT2D eigenvalue weighted by Crippen LogP contribution is -2.29. The number of hydrogen-bond donors (Lipinski definition) is 1. The fraction of sp³-hybridized carbons (Fsp3) is 0.476. The van der Waals surface area contributed by atoms with E-state index >= 15 is 0 Å². The topological polar surface area (TPSA) is 37.3 Å². The molecule has 136 valence electrons. The predicted molar refractivity (Wildman–Crippen MR) is 107 cm³/mol. The highest BCUT2D eigenvalue weighted by molar-refractivity contribution is 5.45. The Hall–Kier alpha value is -2.07. The van der Waals surface area contributed by atoms with Gasteiger partial charge in [0.05, 0.1) is 0 Å². The monoisotopic (exact) mass is 341 g/mol. The number of nitrogens with one attached hydrogen (secondary N) is 1. The number of anilines is 1. The molecule has 0 amide bonds. The number of nitrogens with zero attached hydrogens (tertiary/aromatic N) is 2. The standard InChI is InChI=1S/C21H29N3O.H2/c1-4-16(2)22-20-6-5-13-24(21(20)25)19-9-7-17(8-10-19)18-11-14-23(3)15-12-18;/h5-10,13,16,18,22H,4,11-12,14-15H2,1-3H3;1H. The van der Waals surface area contributed by atoms with Gasteiger partial charge in [0, 0.05) is 19.4 Å². The number of aromatic nitrogens is 1. The second kappa shape index (κ2) is 7.87. The lowest BCUT2D eigenvalue weighted by molar-refractivity contribution is 0.255. The second-order valence-electron chi connectivity index (χ2n) is 7.22. The van der Waals surface area contributed by atoms with Crippen LogP contribution in [0.3, 0.4) is 0 Å². The molecule has 0 saturated carbocycles. The van der Waals surface area contributed by atoms with Crippen molar-refractivity contribution in [2.45, 2.75) is 45.1 Å². The molecule has 1 aliphatic rings. The average molecular weight is 341 g/mol. The summed E-state index contributed by atoms with van der Waals surface area (Å²) in [4.78, 5) is 15.1. The lowest BCUT2D eigenvalue weighted by Gasteiger charge is -2.29. The van der Waals surface area contributed by atoms with Crippen molar-refractivity contribution in [2.75, 3.05) is 25.5 Å². The first kappa shape index (κ1) is 17.7. The summed E-state index contributed by atoms with van der Waals surface area (Å²) in [5.41, 5.74) is 2.99. The number of hydrogen-bond acceptors (Lipinski definition) is 3. The number of likely N-dealkylation sites (tertiary alicyclic amines) is 1. The van der Waals surface area contributed by atoms with Gasteiger partial charge >= 0.3 is 0 Å². The average Bonchev–Trinajstić information content (AvgIpc) is 2.64. The van der Waals surface area contributed by atoms with E-state index in [1.54, 1.807) is 4.57 Å². The van der Waals surface area contributed by atoms with Crippen molar-refractivity contribution in [3.63, 3.8) is 0 Å². The minimum absolute atomic E-state index is 0. The molecule has 2 aromatic rings. The number of pyridine rings is 1. The second-order valence-corrected chi connectivity index (χ2v) is 7.22. The van der Waals surface area contributed by atoms with Crippen LogP contribution in [0.5, 0.6) is 0 Å². The predicted octanol–water partition coefficient (Wildman–Crippen LogP) is 4.10. The van der Waals surface area contributed by atoms with Crippen molar-refractivity contribution >= 4 is 5.69 Å². The fourth-order valence-electron chi connectivity index (χ4n) is 3.42. The van der Waals surface area contributed by atoms with Crippen molar-refractivity contribution in [3.05, 3.63) is 58.5 Å². The zero-order chi connectivity index (χ0) is 17.8. The van der Waals surface area contributed by atoms with Crippen molar-refractivity contribution in [3.8, 4) is 5.69 Å². The minimum Gasteiger partial charge on any atom is -0.378 e. The maximum Gasteiger partial charge on any atom is 0.278 e. The van der Waals surface area contributed by atoms with Gasteiger partial charge in [0.25, 0.3) is 5.56 Å². The quantitative estimate of drug-likeness (QED) is 0.889. The molecule has 4 nitrogen and oxygen atoms in total. The van der Waals surface area contributed by atoms with Crippen LogP contribution >= 0.6 is 0 Å². The number of benzene rings is 1. The summed E-state index contributed by atoms with van der Waals surface area (Å²) in [6, 6.07) is 12.6. The summed E-state index contributed by atoms with van der Waals surface area (Å²) in [5.74, 6) is 0.639. The highest BCUT2D eigenvalue weighted by Gasteiger charge is 2.18. The molecule has 0 radical (unpaired) electrons. The molecule has 0 spiro atoms. The van der Waals surface area contributed by atoms with Gasteiger partial charge < -0.3 is 10.2 Å². The van der Waals surface area contributed by atoms with Crippen LogP contribution in [-0.2, 0) is 0 Å². The van der Waals surface area contributed by atoms with Gasteiger partial charge in [-0.2, -0.15) is 0 Å². The van der Waals surface area contributed by atoms with Crippen LogP contribution < -0.4 is 10.9 Å². The highest BCUT2D eigenvalue weighted by atomic mass is 16.1. The number of rotatable bonds is 5. The SMILES string of the molecule is CCC(C)Nc1cccn(-c2ccc(C3CCN(C)CC3)cc2)c1=O.[HH]. The van der Waals surface area contributed by atoms with Gasteiger partial charge in [-0.1, -0.05) is 19.1 Å². The van der Waals surface area contributed by atoms with Crippen molar-refractivity contribution < 1.29 is 1.43 Å². The third kappa shape index (κ3) is 4.13. The Morgan fingerprint density at radius 1 is 1.20 bits per heavy atom. The van der Waals surface area contributed by atoms with Crippen molar-refractivity contribution in [2.24, 2.45) is 0 Å². The molecule has 2 heterocycles. The first-order valence-corrected chi connectivity index (χ1v) is 9.35. The molecule has 0 bridgehead atoms. The van der Waals surface area contributed by atoms with Crippen LogP contribution in [0.4, 0.5) is 5.69 Å². The molecule has 1 aliphatic heterocycles. The van der Waals surface area contributed by atoms with Gasteiger partial charge in [-0.15, -0.1) is 0 Å². The van der Waals surface area contributed by atoms with E-state index in [9.17, 15) is 4.79 Å². The Morgan fingerprint density at radius 3 is 2.52 bits per heavy atom. The molecule has 1 saturated heterocycles. The maximum absolute atomic E-state index is 12.7. The summed E-state index contributed by atoms with van der Waals surface area (Å²) in [7, 11) is 2.19. The molecule has 1 fully saturated rings. The van der Waals surface area contributed by atoms with Gasteiger partial charge in [-0.05, 0) is 82.1 Å². The van der Waals surface area contributed by atoms with E-state index in [0.29, 0.717) is 11.6 Å². The Bertz CT molecular complexity index is 749. The van der Waals surface area contributed by atoms with Crippen LogP contribution in [0.2, 0.25) is 0 Å². The highest BCUT2D eigenvalue weighted by Crippen LogP contribution is 2.27.